The number of fused-ring (bicyclic) bond motifs is 1. The Balaban J connectivity index is 2.03. The average Bonchev–Trinajstić information content (AvgIpc) is 3.44. The SMILES string of the molecule is CC[C@H](C1CC1)n1c(=O)c(C)nc2c(-c3ccc(Cl)cc3Cl)nccc21. The third-order valence-electron chi connectivity index (χ3n) is 5.07. The van der Waals surface area contributed by atoms with Crippen LogP contribution < -0.4 is 5.56 Å². The second kappa shape index (κ2) is 6.67. The molecule has 0 unspecified atom stereocenters. The molecule has 2 aromatic heterocycles. The summed E-state index contributed by atoms with van der Waals surface area (Å²) in [5, 5.41) is 1.09. The summed E-state index contributed by atoms with van der Waals surface area (Å²) in [7, 11) is 0. The molecular weight excluding hydrogens is 369 g/mol. The van der Waals surface area contributed by atoms with E-state index < -0.39 is 0 Å². The van der Waals surface area contributed by atoms with Gasteiger partial charge in [0, 0.05) is 22.8 Å². The molecule has 1 saturated carbocycles. The molecule has 1 atom stereocenters. The number of hydrogen-bond donors (Lipinski definition) is 0. The number of aromatic nitrogens is 3. The molecule has 0 spiro atoms. The minimum atomic E-state index is -0.0180. The number of hydrogen-bond acceptors (Lipinski definition) is 3. The Morgan fingerprint density at radius 3 is 2.69 bits per heavy atom. The Labute approximate surface area is 161 Å². The summed E-state index contributed by atoms with van der Waals surface area (Å²) in [4.78, 5) is 22.0. The summed E-state index contributed by atoms with van der Waals surface area (Å²) in [6.07, 6.45) is 4.99. The lowest BCUT2D eigenvalue weighted by molar-refractivity contribution is 0.430. The Bertz CT molecular complexity index is 1060. The van der Waals surface area contributed by atoms with Gasteiger partial charge < -0.3 is 4.57 Å². The van der Waals surface area contributed by atoms with Gasteiger partial charge in [-0.25, -0.2) is 4.98 Å². The van der Waals surface area contributed by atoms with Crippen molar-refractivity contribution >= 4 is 34.2 Å². The molecule has 1 aliphatic rings. The van der Waals surface area contributed by atoms with Crippen molar-refractivity contribution in [1.29, 1.82) is 0 Å². The van der Waals surface area contributed by atoms with Gasteiger partial charge in [0.1, 0.15) is 11.2 Å². The maximum absolute atomic E-state index is 12.9. The van der Waals surface area contributed by atoms with Gasteiger partial charge in [0.2, 0.25) is 0 Å². The van der Waals surface area contributed by atoms with Crippen LogP contribution in [-0.2, 0) is 0 Å². The van der Waals surface area contributed by atoms with Crippen LogP contribution in [0.2, 0.25) is 10.0 Å². The molecule has 1 aromatic carbocycles. The minimum absolute atomic E-state index is 0.0180. The van der Waals surface area contributed by atoms with Crippen molar-refractivity contribution in [2.75, 3.05) is 0 Å². The molecule has 2 heterocycles. The number of halogens is 2. The number of benzene rings is 1. The highest BCUT2D eigenvalue weighted by molar-refractivity contribution is 6.36. The molecule has 0 N–H and O–H groups in total. The Morgan fingerprint density at radius 1 is 1.27 bits per heavy atom. The van der Waals surface area contributed by atoms with E-state index in [-0.39, 0.29) is 11.6 Å². The van der Waals surface area contributed by atoms with Gasteiger partial charge in [-0.2, -0.15) is 0 Å². The van der Waals surface area contributed by atoms with Crippen LogP contribution in [0.4, 0.5) is 0 Å². The van der Waals surface area contributed by atoms with Crippen molar-refractivity contribution in [2.24, 2.45) is 5.92 Å². The first kappa shape index (κ1) is 17.5. The number of aryl methyl sites for hydroxylation is 1. The van der Waals surface area contributed by atoms with Gasteiger partial charge in [-0.3, -0.25) is 9.78 Å². The molecule has 0 bridgehead atoms. The van der Waals surface area contributed by atoms with E-state index in [1.165, 1.54) is 12.8 Å². The van der Waals surface area contributed by atoms with Gasteiger partial charge in [-0.1, -0.05) is 30.1 Å². The van der Waals surface area contributed by atoms with Crippen LogP contribution in [-0.4, -0.2) is 14.5 Å². The second-order valence-electron chi connectivity index (χ2n) is 6.84. The van der Waals surface area contributed by atoms with Crippen LogP contribution >= 0.6 is 23.2 Å². The van der Waals surface area contributed by atoms with E-state index in [4.69, 9.17) is 23.2 Å². The van der Waals surface area contributed by atoms with Crippen LogP contribution in [0.1, 0.15) is 37.9 Å². The fourth-order valence-corrected chi connectivity index (χ4v) is 4.16. The summed E-state index contributed by atoms with van der Waals surface area (Å²) in [5.74, 6) is 0.568. The number of pyridine rings is 1. The van der Waals surface area contributed by atoms with Gasteiger partial charge in [0.25, 0.3) is 5.56 Å². The molecule has 0 aliphatic heterocycles. The van der Waals surface area contributed by atoms with E-state index >= 15 is 0 Å². The molecule has 0 amide bonds. The highest BCUT2D eigenvalue weighted by Gasteiger charge is 2.33. The van der Waals surface area contributed by atoms with Gasteiger partial charge in [0.15, 0.2) is 0 Å². The standard InChI is InChI=1S/C20H19Cl2N3O/c1-3-16(12-4-5-12)25-17-8-9-23-18(19(17)24-11(2)20(25)26)14-7-6-13(21)10-15(14)22/h6-10,12,16H,3-5H2,1-2H3/t16-/m1/s1. The fraction of sp³-hybridized carbons (Fsp3) is 0.350. The highest BCUT2D eigenvalue weighted by Crippen LogP contribution is 2.42. The average molecular weight is 388 g/mol. The van der Waals surface area contributed by atoms with Crippen LogP contribution in [0.15, 0.2) is 35.3 Å². The first-order valence-corrected chi connectivity index (χ1v) is 9.60. The Kier molecular flexibility index (Phi) is 4.49. The van der Waals surface area contributed by atoms with Gasteiger partial charge in [-0.05, 0) is 56.4 Å². The molecule has 1 fully saturated rings. The number of nitrogens with zero attached hydrogens (tertiary/aromatic N) is 3. The Morgan fingerprint density at radius 2 is 2.04 bits per heavy atom. The molecule has 4 nitrogen and oxygen atoms in total. The molecule has 1 aliphatic carbocycles. The summed E-state index contributed by atoms with van der Waals surface area (Å²) in [6, 6.07) is 7.40. The van der Waals surface area contributed by atoms with Crippen molar-refractivity contribution in [3.05, 3.63) is 56.6 Å². The van der Waals surface area contributed by atoms with Gasteiger partial charge >= 0.3 is 0 Å². The molecule has 4 rings (SSSR count). The smallest absolute Gasteiger partial charge is 0.272 e. The molecule has 6 heteroatoms. The minimum Gasteiger partial charge on any atom is -0.302 e. The third-order valence-corrected chi connectivity index (χ3v) is 5.62. The molecule has 0 radical (unpaired) electrons. The van der Waals surface area contributed by atoms with E-state index in [2.05, 4.69) is 16.9 Å². The normalized spacial score (nSPS) is 15.4. The van der Waals surface area contributed by atoms with Crippen LogP contribution in [0, 0.1) is 12.8 Å². The zero-order valence-electron chi connectivity index (χ0n) is 14.7. The largest absolute Gasteiger partial charge is 0.302 e. The van der Waals surface area contributed by atoms with E-state index in [1.54, 1.807) is 25.3 Å². The van der Waals surface area contributed by atoms with Crippen molar-refractivity contribution < 1.29 is 0 Å². The van der Waals surface area contributed by atoms with E-state index in [1.807, 2.05) is 16.7 Å². The first-order chi connectivity index (χ1) is 12.5. The van der Waals surface area contributed by atoms with Crippen LogP contribution in [0.5, 0.6) is 0 Å². The molecular formula is C20H19Cl2N3O. The van der Waals surface area contributed by atoms with Crippen molar-refractivity contribution in [3.8, 4) is 11.3 Å². The predicted octanol–water partition coefficient (Wildman–Crippen LogP) is 5.43. The van der Waals surface area contributed by atoms with Crippen molar-refractivity contribution in [2.45, 2.75) is 39.2 Å². The lowest BCUT2D eigenvalue weighted by atomic mass is 10.1. The maximum atomic E-state index is 12.9. The first-order valence-electron chi connectivity index (χ1n) is 8.84. The predicted molar refractivity (Wildman–Crippen MR) is 106 cm³/mol. The highest BCUT2D eigenvalue weighted by atomic mass is 35.5. The second-order valence-corrected chi connectivity index (χ2v) is 7.68. The lowest BCUT2D eigenvalue weighted by Crippen LogP contribution is -2.29. The van der Waals surface area contributed by atoms with E-state index in [0.717, 1.165) is 17.5 Å². The number of rotatable bonds is 4. The van der Waals surface area contributed by atoms with Crippen molar-refractivity contribution in [1.82, 2.24) is 14.5 Å². The lowest BCUT2D eigenvalue weighted by Gasteiger charge is -2.21. The molecule has 0 saturated heterocycles. The monoisotopic (exact) mass is 387 g/mol. The van der Waals surface area contributed by atoms with Crippen molar-refractivity contribution in [3.63, 3.8) is 0 Å². The van der Waals surface area contributed by atoms with Crippen LogP contribution in [0.25, 0.3) is 22.3 Å². The topological polar surface area (TPSA) is 47.8 Å². The maximum Gasteiger partial charge on any atom is 0.272 e. The molecule has 134 valence electrons. The zero-order chi connectivity index (χ0) is 18.4. The summed E-state index contributed by atoms with van der Waals surface area (Å²) < 4.78 is 1.92. The summed E-state index contributed by atoms with van der Waals surface area (Å²) in [5.41, 5.74) is 3.42. The zero-order valence-corrected chi connectivity index (χ0v) is 16.2. The van der Waals surface area contributed by atoms with E-state index in [9.17, 15) is 4.79 Å². The summed E-state index contributed by atoms with van der Waals surface area (Å²) in [6.45, 7) is 3.90. The fourth-order valence-electron chi connectivity index (χ4n) is 3.66. The van der Waals surface area contributed by atoms with E-state index in [0.29, 0.717) is 32.9 Å². The van der Waals surface area contributed by atoms with Gasteiger partial charge in [-0.15, -0.1) is 0 Å². The third kappa shape index (κ3) is 2.91. The van der Waals surface area contributed by atoms with Crippen LogP contribution in [0.3, 0.4) is 0 Å². The quantitative estimate of drug-likeness (QED) is 0.598. The van der Waals surface area contributed by atoms with Gasteiger partial charge in [0.05, 0.1) is 16.2 Å². The Hall–Kier alpha value is -1.91. The molecule has 26 heavy (non-hydrogen) atoms. The molecule has 3 aromatic rings. The summed E-state index contributed by atoms with van der Waals surface area (Å²) >= 11 is 12.4.